The van der Waals surface area contributed by atoms with Crippen molar-refractivity contribution >= 4 is 23.5 Å². The third-order valence-electron chi connectivity index (χ3n) is 3.89. The summed E-state index contributed by atoms with van der Waals surface area (Å²) < 4.78 is 5.44. The largest absolute Gasteiger partial charge is 0.444 e. The molecule has 0 aliphatic carbocycles. The molecule has 7 heteroatoms. The van der Waals surface area contributed by atoms with Crippen LogP contribution < -0.4 is 10.6 Å². The number of carbonyl (C=O) groups excluding carboxylic acids is 2. The third kappa shape index (κ3) is 4.37. The maximum absolute atomic E-state index is 12.5. The van der Waals surface area contributed by atoms with E-state index in [9.17, 15) is 9.59 Å². The normalized spacial score (nSPS) is 18.4. The maximum Gasteiger partial charge on any atom is 0.410 e. The summed E-state index contributed by atoms with van der Waals surface area (Å²) in [7, 11) is 0. The Kier molecular flexibility index (Phi) is 5.31. The molecule has 1 fully saturated rings. The van der Waals surface area contributed by atoms with E-state index in [1.807, 2.05) is 27.7 Å². The number of ether oxygens (including phenoxy) is 1. The first kappa shape index (κ1) is 18.0. The molecule has 1 aliphatic rings. The number of nitrogen functional groups attached to an aromatic ring is 1. The summed E-state index contributed by atoms with van der Waals surface area (Å²) in [5, 5.41) is 0. The number of aromatic nitrogens is 1. The number of pyridine rings is 1. The molecule has 0 aromatic carbocycles. The highest BCUT2D eigenvalue weighted by Crippen LogP contribution is 2.24. The van der Waals surface area contributed by atoms with Crippen molar-refractivity contribution in [1.29, 1.82) is 0 Å². The van der Waals surface area contributed by atoms with Crippen molar-refractivity contribution in [2.75, 3.05) is 23.7 Å². The van der Waals surface area contributed by atoms with Gasteiger partial charge in [0, 0.05) is 25.6 Å². The zero-order valence-corrected chi connectivity index (χ0v) is 14.8. The number of nitrogens with zero attached hydrogens (tertiary/aromatic N) is 3. The van der Waals surface area contributed by atoms with Gasteiger partial charge >= 0.3 is 6.09 Å². The van der Waals surface area contributed by atoms with Crippen molar-refractivity contribution in [1.82, 2.24) is 9.88 Å². The molecule has 0 spiro atoms. The minimum atomic E-state index is -0.551. The van der Waals surface area contributed by atoms with Crippen LogP contribution in [0.25, 0.3) is 0 Å². The second-order valence-electron chi connectivity index (χ2n) is 6.90. The maximum atomic E-state index is 12.5. The van der Waals surface area contributed by atoms with Gasteiger partial charge in [0.05, 0.1) is 11.9 Å². The quantitative estimate of drug-likeness (QED) is 0.917. The smallest absolute Gasteiger partial charge is 0.410 e. The van der Waals surface area contributed by atoms with Gasteiger partial charge in [0.1, 0.15) is 11.4 Å². The first-order valence-electron chi connectivity index (χ1n) is 8.22. The molecule has 0 radical (unpaired) electrons. The lowest BCUT2D eigenvalue weighted by Crippen LogP contribution is -2.51. The third-order valence-corrected chi connectivity index (χ3v) is 3.89. The molecule has 1 atom stereocenters. The Bertz CT molecular complexity index is 595. The van der Waals surface area contributed by atoms with E-state index in [1.165, 1.54) is 0 Å². The molecule has 0 bridgehead atoms. The average molecular weight is 334 g/mol. The van der Waals surface area contributed by atoms with Gasteiger partial charge in [-0.25, -0.2) is 9.78 Å². The minimum Gasteiger partial charge on any atom is -0.444 e. The van der Waals surface area contributed by atoms with Crippen LogP contribution in [0.15, 0.2) is 18.3 Å². The summed E-state index contributed by atoms with van der Waals surface area (Å²) in [4.78, 5) is 32.2. The molecule has 1 saturated heterocycles. The number of rotatable bonds is 3. The molecule has 24 heavy (non-hydrogen) atoms. The average Bonchev–Trinajstić information content (AvgIpc) is 2.47. The van der Waals surface area contributed by atoms with Gasteiger partial charge < -0.3 is 20.3 Å². The molecule has 2 heterocycles. The second-order valence-corrected chi connectivity index (χ2v) is 6.90. The van der Waals surface area contributed by atoms with E-state index >= 15 is 0 Å². The summed E-state index contributed by atoms with van der Waals surface area (Å²) in [5.74, 6) is 0.392. The van der Waals surface area contributed by atoms with Crippen molar-refractivity contribution < 1.29 is 14.3 Å². The van der Waals surface area contributed by atoms with Crippen molar-refractivity contribution in [2.45, 2.75) is 52.2 Å². The first-order valence-corrected chi connectivity index (χ1v) is 8.22. The number of piperidine rings is 1. The molecule has 2 N–H and O–H groups in total. The van der Waals surface area contributed by atoms with E-state index in [0.717, 1.165) is 5.69 Å². The summed E-state index contributed by atoms with van der Waals surface area (Å²) >= 11 is 0. The second kappa shape index (κ2) is 7.07. The van der Waals surface area contributed by atoms with Crippen LogP contribution >= 0.6 is 0 Å². The lowest BCUT2D eigenvalue weighted by atomic mass is 10.0. The van der Waals surface area contributed by atoms with Crippen molar-refractivity contribution in [3.8, 4) is 0 Å². The van der Waals surface area contributed by atoms with Crippen molar-refractivity contribution in [3.05, 3.63) is 18.3 Å². The van der Waals surface area contributed by atoms with E-state index in [2.05, 4.69) is 4.98 Å². The van der Waals surface area contributed by atoms with Crippen LogP contribution in [0.4, 0.5) is 16.3 Å². The monoisotopic (exact) mass is 334 g/mol. The van der Waals surface area contributed by atoms with Gasteiger partial charge in [-0.1, -0.05) is 0 Å². The molecule has 1 aromatic heterocycles. The fraction of sp³-hybridized carbons (Fsp3) is 0.588. The van der Waals surface area contributed by atoms with Gasteiger partial charge in [0.25, 0.3) is 0 Å². The van der Waals surface area contributed by atoms with Crippen LogP contribution in [0.2, 0.25) is 0 Å². The van der Waals surface area contributed by atoms with Gasteiger partial charge in [-0.3, -0.25) is 4.79 Å². The molecule has 2 rings (SSSR count). The zero-order valence-electron chi connectivity index (χ0n) is 14.8. The highest BCUT2D eigenvalue weighted by Gasteiger charge is 2.34. The Labute approximate surface area is 142 Å². The standard InChI is InChI=1S/C17H26N4O3/c1-5-20(16(23)24-17(2,3)4)12-8-9-21(15(22)10-12)13-6-7-14(18)19-11-13/h6-7,11-12H,5,8-10H2,1-4H3,(H2,18,19). The van der Waals surface area contributed by atoms with Crippen molar-refractivity contribution in [2.24, 2.45) is 0 Å². The molecule has 7 nitrogen and oxygen atoms in total. The predicted octanol–water partition coefficient (Wildman–Crippen LogP) is 2.42. The Hall–Kier alpha value is -2.31. The Morgan fingerprint density at radius 3 is 2.67 bits per heavy atom. The molecular weight excluding hydrogens is 308 g/mol. The molecule has 2 amide bonds. The zero-order chi connectivity index (χ0) is 17.9. The SMILES string of the molecule is CCN(C(=O)OC(C)(C)C)C1CCN(c2ccc(N)nc2)C(=O)C1. The van der Waals surface area contributed by atoms with Crippen LogP contribution in [0.1, 0.15) is 40.5 Å². The van der Waals surface area contributed by atoms with E-state index in [-0.39, 0.29) is 24.5 Å². The number of anilines is 2. The Morgan fingerprint density at radius 1 is 1.46 bits per heavy atom. The topological polar surface area (TPSA) is 88.8 Å². The molecule has 1 aromatic rings. The highest BCUT2D eigenvalue weighted by atomic mass is 16.6. The summed E-state index contributed by atoms with van der Waals surface area (Å²) in [6, 6.07) is 3.31. The van der Waals surface area contributed by atoms with Gasteiger partial charge in [0.2, 0.25) is 5.91 Å². The number of amides is 2. The van der Waals surface area contributed by atoms with Gasteiger partial charge in [0.15, 0.2) is 0 Å². The molecule has 0 saturated carbocycles. The molecular formula is C17H26N4O3. The number of carbonyl (C=O) groups is 2. The predicted molar refractivity (Wildman–Crippen MR) is 92.6 cm³/mol. The summed E-state index contributed by atoms with van der Waals surface area (Å²) in [6.07, 6.45) is 2.20. The van der Waals surface area contributed by atoms with Gasteiger partial charge in [-0.15, -0.1) is 0 Å². The molecule has 1 aliphatic heterocycles. The first-order chi connectivity index (χ1) is 11.2. The van der Waals surface area contributed by atoms with Crippen LogP contribution in [-0.4, -0.2) is 46.6 Å². The van der Waals surface area contributed by atoms with E-state index in [1.54, 1.807) is 28.1 Å². The number of nitrogens with two attached hydrogens (primary N) is 1. The van der Waals surface area contributed by atoms with Gasteiger partial charge in [-0.05, 0) is 46.2 Å². The van der Waals surface area contributed by atoms with Crippen LogP contribution in [0.3, 0.4) is 0 Å². The van der Waals surface area contributed by atoms with E-state index < -0.39 is 5.60 Å². The lowest BCUT2D eigenvalue weighted by Gasteiger charge is -2.38. The molecule has 132 valence electrons. The van der Waals surface area contributed by atoms with Crippen LogP contribution in [-0.2, 0) is 9.53 Å². The summed E-state index contributed by atoms with van der Waals surface area (Å²) in [6.45, 7) is 8.44. The number of hydrogen-bond donors (Lipinski definition) is 1. The summed E-state index contributed by atoms with van der Waals surface area (Å²) in [5.41, 5.74) is 5.76. The fourth-order valence-electron chi connectivity index (χ4n) is 2.77. The van der Waals surface area contributed by atoms with Crippen LogP contribution in [0.5, 0.6) is 0 Å². The van der Waals surface area contributed by atoms with E-state index in [0.29, 0.717) is 25.3 Å². The molecule has 1 unspecified atom stereocenters. The Morgan fingerprint density at radius 2 is 2.17 bits per heavy atom. The number of hydrogen-bond acceptors (Lipinski definition) is 5. The lowest BCUT2D eigenvalue weighted by molar-refractivity contribution is -0.121. The van der Waals surface area contributed by atoms with Crippen molar-refractivity contribution in [3.63, 3.8) is 0 Å². The van der Waals surface area contributed by atoms with Crippen LogP contribution in [0, 0.1) is 0 Å². The Balaban J connectivity index is 2.04. The highest BCUT2D eigenvalue weighted by molar-refractivity contribution is 5.94. The van der Waals surface area contributed by atoms with E-state index in [4.69, 9.17) is 10.5 Å². The minimum absolute atomic E-state index is 0.0279. The fourth-order valence-corrected chi connectivity index (χ4v) is 2.77. The van der Waals surface area contributed by atoms with Gasteiger partial charge in [-0.2, -0.15) is 0 Å².